The summed E-state index contributed by atoms with van der Waals surface area (Å²) < 4.78 is 87.9. The molecule has 5 nitrogen and oxygen atoms in total. The van der Waals surface area contributed by atoms with E-state index < -0.39 is 27.6 Å². The van der Waals surface area contributed by atoms with Crippen LogP contribution in [0.5, 0.6) is 0 Å². The Morgan fingerprint density at radius 3 is 1.65 bits per heavy atom. The van der Waals surface area contributed by atoms with Crippen molar-refractivity contribution in [1.29, 1.82) is 0 Å². The van der Waals surface area contributed by atoms with Crippen molar-refractivity contribution in [1.82, 2.24) is 4.72 Å². The normalized spacial score (nSPS) is 12.7. The second-order valence-corrected chi connectivity index (χ2v) is 5.51. The summed E-state index contributed by atoms with van der Waals surface area (Å²) in [7, 11) is -1.96. The number of rotatable bonds is 3. The lowest BCUT2D eigenvalue weighted by Crippen LogP contribution is -3.05. The molecule has 0 aromatic rings. The number of carbonyl (C=O) groups excluding carboxylic acids is 1. The minimum Gasteiger partial charge on any atom is -0.340 e. The van der Waals surface area contributed by atoms with Crippen LogP contribution in [0.15, 0.2) is 0 Å². The molecule has 2 N–H and O–H groups in total. The Kier molecular flexibility index (Phi) is 8.15. The second-order valence-electron chi connectivity index (χ2n) is 3.84. The third kappa shape index (κ3) is 8.96. The summed E-state index contributed by atoms with van der Waals surface area (Å²) in [5.41, 5.74) is -5.96. The Labute approximate surface area is 112 Å². The molecule has 12 heteroatoms. The number of amides is 1. The lowest BCUT2D eigenvalue weighted by atomic mass is 10.5. The number of carbonyl (C=O) groups is 1. The largest absolute Gasteiger partial charge is 0.516 e. The number of sulfonamides is 1. The first-order valence-corrected chi connectivity index (χ1v) is 6.62. The van der Waals surface area contributed by atoms with Gasteiger partial charge in [0.2, 0.25) is 0 Å². The molecule has 0 aliphatic carbocycles. The molecule has 122 valence electrons. The maximum Gasteiger partial charge on any atom is 0.516 e. The molecule has 0 saturated heterocycles. The van der Waals surface area contributed by atoms with Crippen molar-refractivity contribution in [2.24, 2.45) is 0 Å². The van der Waals surface area contributed by atoms with Crippen molar-refractivity contribution < 1.29 is 44.5 Å². The standard InChI is InChI=1S/C5H13N.C3HF6NO3S/c1-4-5-6(2)3;4-2(5,6)1(11)10-14(12,13)3(7,8)9/h4-5H2,1-3H3;(H,10,11)/p+1. The number of nitrogens with one attached hydrogen (secondary N) is 2. The lowest BCUT2D eigenvalue weighted by Gasteiger charge is -2.10. The first kappa shape index (κ1) is 21.3. The van der Waals surface area contributed by atoms with E-state index in [0.717, 1.165) is 0 Å². The molecule has 0 bridgehead atoms. The zero-order valence-corrected chi connectivity index (χ0v) is 11.6. The number of quaternary nitrogens is 1. The summed E-state index contributed by atoms with van der Waals surface area (Å²) in [6, 6.07) is 0. The zero-order valence-electron chi connectivity index (χ0n) is 10.8. The first-order valence-electron chi connectivity index (χ1n) is 5.14. The average Bonchev–Trinajstić information content (AvgIpc) is 2.13. The van der Waals surface area contributed by atoms with Gasteiger partial charge in [-0.15, -0.1) is 0 Å². The van der Waals surface area contributed by atoms with Crippen molar-refractivity contribution in [2.45, 2.75) is 25.0 Å². The van der Waals surface area contributed by atoms with Gasteiger partial charge in [0.25, 0.3) is 0 Å². The van der Waals surface area contributed by atoms with Crippen LogP contribution in [0.2, 0.25) is 0 Å². The van der Waals surface area contributed by atoms with Gasteiger partial charge in [-0.2, -0.15) is 34.8 Å². The minimum atomic E-state index is -6.30. The van der Waals surface area contributed by atoms with Crippen molar-refractivity contribution in [3.8, 4) is 0 Å². The quantitative estimate of drug-likeness (QED) is 0.718. The van der Waals surface area contributed by atoms with Crippen LogP contribution in [0, 0.1) is 0 Å². The van der Waals surface area contributed by atoms with Gasteiger partial charge in [0, 0.05) is 0 Å². The van der Waals surface area contributed by atoms with Gasteiger partial charge in [-0.1, -0.05) is 6.92 Å². The third-order valence-electron chi connectivity index (χ3n) is 1.54. The third-order valence-corrected chi connectivity index (χ3v) is 2.60. The van der Waals surface area contributed by atoms with Gasteiger partial charge < -0.3 is 4.90 Å². The van der Waals surface area contributed by atoms with E-state index in [2.05, 4.69) is 21.0 Å². The zero-order chi connectivity index (χ0) is 16.8. The van der Waals surface area contributed by atoms with E-state index in [1.807, 2.05) is 0 Å². The van der Waals surface area contributed by atoms with E-state index in [-0.39, 0.29) is 4.72 Å². The Bertz CT molecular complexity index is 401. The van der Waals surface area contributed by atoms with Gasteiger partial charge >= 0.3 is 27.6 Å². The Hall–Kier alpha value is -1.04. The van der Waals surface area contributed by atoms with Crippen LogP contribution in [-0.2, 0) is 14.8 Å². The summed E-state index contributed by atoms with van der Waals surface area (Å²) in [4.78, 5) is 11.4. The summed E-state index contributed by atoms with van der Waals surface area (Å²) >= 11 is 0. The number of alkyl halides is 6. The Morgan fingerprint density at radius 2 is 1.50 bits per heavy atom. The van der Waals surface area contributed by atoms with Gasteiger partial charge in [0.05, 0.1) is 20.6 Å². The minimum absolute atomic E-state index is 0.181. The van der Waals surface area contributed by atoms with E-state index in [1.54, 1.807) is 0 Å². The molecule has 0 radical (unpaired) electrons. The van der Waals surface area contributed by atoms with E-state index in [4.69, 9.17) is 0 Å². The number of hydrogen-bond acceptors (Lipinski definition) is 3. The molecular formula is C8H15F6N2O3S+. The van der Waals surface area contributed by atoms with Gasteiger partial charge in [-0.25, -0.2) is 4.72 Å². The van der Waals surface area contributed by atoms with E-state index in [9.17, 15) is 39.6 Å². The van der Waals surface area contributed by atoms with Crippen LogP contribution in [-0.4, -0.2) is 46.6 Å². The van der Waals surface area contributed by atoms with Crippen molar-refractivity contribution in [2.75, 3.05) is 20.6 Å². The molecule has 0 heterocycles. The molecule has 0 spiro atoms. The topological polar surface area (TPSA) is 67.7 Å². The maximum atomic E-state index is 11.4. The van der Waals surface area contributed by atoms with Crippen LogP contribution in [0.25, 0.3) is 0 Å². The highest BCUT2D eigenvalue weighted by Gasteiger charge is 2.51. The fourth-order valence-electron chi connectivity index (χ4n) is 0.738. The molecule has 0 saturated carbocycles. The van der Waals surface area contributed by atoms with Crippen molar-refractivity contribution in [3.05, 3.63) is 0 Å². The number of hydrogen-bond donors (Lipinski definition) is 2. The molecule has 0 aromatic carbocycles. The SMILES string of the molecule is CCC[NH+](C)C.O=C(NS(=O)(=O)C(F)(F)F)C(F)(F)F. The second kappa shape index (κ2) is 7.67. The van der Waals surface area contributed by atoms with Gasteiger partial charge in [0.1, 0.15) is 0 Å². The average molecular weight is 333 g/mol. The summed E-state index contributed by atoms with van der Waals surface area (Å²) in [5, 5.41) is 0. The summed E-state index contributed by atoms with van der Waals surface area (Å²) in [6.45, 7) is 3.49. The smallest absolute Gasteiger partial charge is 0.340 e. The molecule has 20 heavy (non-hydrogen) atoms. The molecule has 0 aromatic heterocycles. The van der Waals surface area contributed by atoms with Crippen molar-refractivity contribution in [3.63, 3.8) is 0 Å². The fourth-order valence-corrected chi connectivity index (χ4v) is 1.21. The highest BCUT2D eigenvalue weighted by atomic mass is 32.2. The monoisotopic (exact) mass is 333 g/mol. The molecule has 0 rings (SSSR count). The van der Waals surface area contributed by atoms with Crippen LogP contribution in [0.3, 0.4) is 0 Å². The molecule has 0 atom stereocenters. The highest BCUT2D eigenvalue weighted by molar-refractivity contribution is 7.90. The van der Waals surface area contributed by atoms with Gasteiger partial charge in [-0.05, 0) is 6.42 Å². The summed E-state index contributed by atoms with van der Waals surface area (Å²) in [5.74, 6) is -3.20. The van der Waals surface area contributed by atoms with Crippen molar-refractivity contribution >= 4 is 15.9 Å². The maximum absolute atomic E-state index is 11.4. The highest BCUT2D eigenvalue weighted by Crippen LogP contribution is 2.23. The van der Waals surface area contributed by atoms with E-state index >= 15 is 0 Å². The molecule has 0 aliphatic heterocycles. The van der Waals surface area contributed by atoms with E-state index in [0.29, 0.717) is 0 Å². The summed E-state index contributed by atoms with van der Waals surface area (Å²) in [6.07, 6.45) is -4.40. The molecule has 0 fully saturated rings. The fraction of sp³-hybridized carbons (Fsp3) is 0.875. The van der Waals surface area contributed by atoms with Gasteiger partial charge in [-0.3, -0.25) is 4.79 Å². The van der Waals surface area contributed by atoms with Crippen LogP contribution in [0.4, 0.5) is 26.3 Å². The lowest BCUT2D eigenvalue weighted by molar-refractivity contribution is -0.858. The Balaban J connectivity index is 0. The molecular weight excluding hydrogens is 318 g/mol. The molecule has 1 amide bonds. The molecule has 0 aliphatic rings. The first-order chi connectivity index (χ1) is 8.65. The van der Waals surface area contributed by atoms with Gasteiger partial charge in [0.15, 0.2) is 0 Å². The Morgan fingerprint density at radius 1 is 1.10 bits per heavy atom. The predicted molar refractivity (Wildman–Crippen MR) is 57.1 cm³/mol. The van der Waals surface area contributed by atoms with Crippen LogP contribution < -0.4 is 9.62 Å². The van der Waals surface area contributed by atoms with Crippen LogP contribution in [0.1, 0.15) is 13.3 Å². The van der Waals surface area contributed by atoms with E-state index in [1.165, 1.54) is 17.9 Å². The molecule has 0 unspecified atom stereocenters. The number of halogens is 6. The van der Waals surface area contributed by atoms with Crippen LogP contribution >= 0.6 is 0 Å². The predicted octanol–water partition coefficient (Wildman–Crippen LogP) is 0.0554.